The van der Waals surface area contributed by atoms with Crippen LogP contribution < -0.4 is 4.74 Å². The molecule has 0 aliphatic carbocycles. The lowest BCUT2D eigenvalue weighted by atomic mass is 10.2. The number of ether oxygens (including phenoxy) is 2. The van der Waals surface area contributed by atoms with Crippen molar-refractivity contribution in [1.29, 1.82) is 0 Å². The average molecular weight is 330 g/mol. The molecule has 0 fully saturated rings. The summed E-state index contributed by atoms with van der Waals surface area (Å²) in [6, 6.07) is 7.86. The Morgan fingerprint density at radius 2 is 2.06 bits per heavy atom. The van der Waals surface area contributed by atoms with Gasteiger partial charge in [-0.15, -0.1) is 0 Å². The molecule has 3 heteroatoms. The lowest BCUT2D eigenvalue weighted by molar-refractivity contribution is 0.144. The summed E-state index contributed by atoms with van der Waals surface area (Å²) in [5.74, 6) is 0.864. The van der Waals surface area contributed by atoms with Gasteiger partial charge in [0.15, 0.2) is 0 Å². The topological polar surface area (TPSA) is 18.5 Å². The van der Waals surface area contributed by atoms with Crippen molar-refractivity contribution in [2.45, 2.75) is 6.61 Å². The predicted molar refractivity (Wildman–Crippen MR) is 75.0 cm³/mol. The van der Waals surface area contributed by atoms with E-state index in [2.05, 4.69) is 29.2 Å². The highest BCUT2D eigenvalue weighted by atomic mass is 127. The van der Waals surface area contributed by atoms with Crippen LogP contribution in [0.4, 0.5) is 0 Å². The van der Waals surface area contributed by atoms with Gasteiger partial charge in [-0.2, -0.15) is 0 Å². The summed E-state index contributed by atoms with van der Waals surface area (Å²) in [4.78, 5) is 0. The molecule has 16 heavy (non-hydrogen) atoms. The third-order valence-electron chi connectivity index (χ3n) is 2.10. The van der Waals surface area contributed by atoms with Crippen molar-refractivity contribution in [2.24, 2.45) is 0 Å². The molecule has 2 nitrogen and oxygen atoms in total. The van der Waals surface area contributed by atoms with Crippen LogP contribution in [-0.4, -0.2) is 13.7 Å². The Bertz CT molecular complexity index is 355. The largest absolute Gasteiger partial charge is 0.497 e. The number of hydrogen-bond donors (Lipinski definition) is 0. The summed E-state index contributed by atoms with van der Waals surface area (Å²) in [5.41, 5.74) is 2.23. The lowest BCUT2D eigenvalue weighted by Gasteiger charge is -2.05. The first-order valence-corrected chi connectivity index (χ1v) is 6.17. The maximum absolute atomic E-state index is 5.55. The zero-order valence-corrected chi connectivity index (χ0v) is 11.4. The third kappa shape index (κ3) is 4.37. The summed E-state index contributed by atoms with van der Waals surface area (Å²) < 4.78 is 12.6. The third-order valence-corrected chi connectivity index (χ3v) is 2.90. The van der Waals surface area contributed by atoms with E-state index in [-0.39, 0.29) is 0 Å². The lowest BCUT2D eigenvalue weighted by Crippen LogP contribution is -1.96. The van der Waals surface area contributed by atoms with Crippen LogP contribution in [-0.2, 0) is 11.3 Å². The van der Waals surface area contributed by atoms with Crippen molar-refractivity contribution in [3.8, 4) is 5.75 Å². The van der Waals surface area contributed by atoms with E-state index < -0.39 is 0 Å². The molecule has 0 aliphatic heterocycles. The molecule has 0 bridgehead atoms. The second-order valence-corrected chi connectivity index (χ2v) is 3.85. The van der Waals surface area contributed by atoms with Crippen LogP contribution in [0.5, 0.6) is 5.75 Å². The van der Waals surface area contributed by atoms with E-state index in [0.29, 0.717) is 13.2 Å². The normalized spacial score (nSPS) is 11.2. The van der Waals surface area contributed by atoms with Crippen LogP contribution in [0.25, 0.3) is 0 Å². The summed E-state index contributed by atoms with van der Waals surface area (Å²) in [5, 5.41) is 0. The quantitative estimate of drug-likeness (QED) is 0.585. The molecule has 0 atom stereocenters. The highest BCUT2D eigenvalue weighted by Gasteiger charge is 1.96. The Hall–Kier alpha value is -0.810. The van der Waals surface area contributed by atoms with Crippen molar-refractivity contribution in [2.75, 3.05) is 13.7 Å². The Morgan fingerprint density at radius 1 is 1.38 bits per heavy atom. The van der Waals surface area contributed by atoms with Crippen LogP contribution in [0.3, 0.4) is 0 Å². The number of hydrogen-bond acceptors (Lipinski definition) is 2. The highest BCUT2D eigenvalue weighted by Crippen LogP contribution is 2.12. The van der Waals surface area contributed by atoms with Crippen LogP contribution >= 0.6 is 22.6 Å². The van der Waals surface area contributed by atoms with Gasteiger partial charge in [-0.1, -0.05) is 47.4 Å². The van der Waals surface area contributed by atoms with Gasteiger partial charge in [0.25, 0.3) is 0 Å². The molecule has 1 rings (SSSR count). The molecule has 0 aliphatic rings. The molecule has 1 aromatic rings. The Balaban J connectivity index is 2.40. The van der Waals surface area contributed by atoms with Gasteiger partial charge < -0.3 is 9.47 Å². The predicted octanol–water partition coefficient (Wildman–Crippen LogP) is 3.72. The van der Waals surface area contributed by atoms with Gasteiger partial charge in [0.1, 0.15) is 5.75 Å². The van der Waals surface area contributed by atoms with E-state index in [0.717, 1.165) is 16.9 Å². The summed E-state index contributed by atoms with van der Waals surface area (Å²) in [6.07, 6.45) is 1.81. The molecule has 86 valence electrons. The van der Waals surface area contributed by atoms with E-state index in [1.54, 1.807) is 13.2 Å². The molecule has 1 aromatic carbocycles. The van der Waals surface area contributed by atoms with Crippen LogP contribution in [0.2, 0.25) is 0 Å². The molecule has 0 radical (unpaired) electrons. The van der Waals surface area contributed by atoms with Crippen molar-refractivity contribution in [1.82, 2.24) is 0 Å². The highest BCUT2D eigenvalue weighted by molar-refractivity contribution is 14.1. The van der Waals surface area contributed by atoms with E-state index in [9.17, 15) is 0 Å². The van der Waals surface area contributed by atoms with Crippen molar-refractivity contribution < 1.29 is 9.47 Å². The Labute approximate surface area is 110 Å². The first-order chi connectivity index (χ1) is 7.80. The number of rotatable bonds is 6. The molecule has 0 N–H and O–H groups in total. The van der Waals surface area contributed by atoms with Crippen molar-refractivity contribution >= 4 is 22.6 Å². The van der Waals surface area contributed by atoms with Gasteiger partial charge in [0.2, 0.25) is 0 Å². The fraction of sp³-hybridized carbons (Fsp3) is 0.231. The second kappa shape index (κ2) is 7.46. The van der Waals surface area contributed by atoms with Gasteiger partial charge in [-0.05, 0) is 27.4 Å². The monoisotopic (exact) mass is 330 g/mol. The van der Waals surface area contributed by atoms with Gasteiger partial charge >= 0.3 is 0 Å². The fourth-order valence-corrected chi connectivity index (χ4v) is 1.58. The zero-order valence-electron chi connectivity index (χ0n) is 9.28. The van der Waals surface area contributed by atoms with Crippen LogP contribution in [0.1, 0.15) is 5.56 Å². The van der Waals surface area contributed by atoms with Gasteiger partial charge in [0.05, 0.1) is 20.3 Å². The first-order valence-electron chi connectivity index (χ1n) is 4.92. The summed E-state index contributed by atoms with van der Waals surface area (Å²) >= 11 is 2.18. The average Bonchev–Trinajstić information content (AvgIpc) is 2.35. The summed E-state index contributed by atoms with van der Waals surface area (Å²) in [6.45, 7) is 4.91. The first kappa shape index (κ1) is 13.3. The molecule has 0 spiro atoms. The van der Waals surface area contributed by atoms with Gasteiger partial charge in [-0.3, -0.25) is 0 Å². The van der Waals surface area contributed by atoms with E-state index in [1.807, 2.05) is 28.3 Å². The van der Waals surface area contributed by atoms with Crippen LogP contribution in [0, 0.1) is 0 Å². The number of methoxy groups -OCH3 is 1. The standard InChI is InChI=1S/C13H15IO2/c1-3-11(8-14)9-16-10-12-4-6-13(15-2)7-5-12/h3-8H,1,9-10H2,2H3/b11-8-. The molecule has 0 amide bonds. The minimum Gasteiger partial charge on any atom is -0.497 e. The number of benzene rings is 1. The van der Waals surface area contributed by atoms with E-state index in [1.165, 1.54) is 0 Å². The maximum atomic E-state index is 5.55. The van der Waals surface area contributed by atoms with E-state index >= 15 is 0 Å². The minimum absolute atomic E-state index is 0.596. The molecular weight excluding hydrogens is 315 g/mol. The van der Waals surface area contributed by atoms with Gasteiger partial charge in [0, 0.05) is 0 Å². The Morgan fingerprint density at radius 3 is 2.56 bits per heavy atom. The van der Waals surface area contributed by atoms with Crippen molar-refractivity contribution in [3.05, 3.63) is 52.1 Å². The summed E-state index contributed by atoms with van der Waals surface area (Å²) in [7, 11) is 1.66. The SMILES string of the molecule is C=C/C(=C/I)COCc1ccc(OC)cc1. The minimum atomic E-state index is 0.596. The molecule has 0 saturated carbocycles. The Kier molecular flexibility index (Phi) is 6.18. The van der Waals surface area contributed by atoms with Gasteiger partial charge in [-0.25, -0.2) is 0 Å². The second-order valence-electron chi connectivity index (χ2n) is 3.23. The molecular formula is C13H15IO2. The fourth-order valence-electron chi connectivity index (χ4n) is 1.14. The smallest absolute Gasteiger partial charge is 0.118 e. The van der Waals surface area contributed by atoms with Crippen LogP contribution in [0.15, 0.2) is 46.6 Å². The number of halogens is 1. The molecule has 0 saturated heterocycles. The maximum Gasteiger partial charge on any atom is 0.118 e. The zero-order chi connectivity index (χ0) is 11.8. The molecule has 0 unspecified atom stereocenters. The van der Waals surface area contributed by atoms with E-state index in [4.69, 9.17) is 9.47 Å². The molecule has 0 aromatic heterocycles. The molecule has 0 heterocycles. The van der Waals surface area contributed by atoms with Crippen molar-refractivity contribution in [3.63, 3.8) is 0 Å².